The van der Waals surface area contributed by atoms with Gasteiger partial charge in [-0.2, -0.15) is 0 Å². The summed E-state index contributed by atoms with van der Waals surface area (Å²) in [6.07, 6.45) is 0.617. The van der Waals surface area contributed by atoms with Gasteiger partial charge >= 0.3 is 0 Å². The van der Waals surface area contributed by atoms with E-state index in [9.17, 15) is 14.7 Å². The number of morpholine rings is 1. The predicted molar refractivity (Wildman–Crippen MR) is 110 cm³/mol. The number of nitrogens with zero attached hydrogens (tertiary/aromatic N) is 4. The van der Waals surface area contributed by atoms with Gasteiger partial charge in [-0.1, -0.05) is 18.2 Å². The van der Waals surface area contributed by atoms with Crippen LogP contribution in [0.3, 0.4) is 0 Å². The van der Waals surface area contributed by atoms with Gasteiger partial charge in [0.1, 0.15) is 29.4 Å². The van der Waals surface area contributed by atoms with Crippen LogP contribution in [0.4, 0.5) is 0 Å². The standard InChI is InChI=1S/C20H22ClN5O4/c1-4-19(28)26-8-16(11(2)27)30-17(9-26)12-5-14(25-18(21)6-12)13-7-15(20(29)22-3)24-10-23-13/h4-7,10-11,16-17,27H,1,8-9H2,2-3H3,(H,22,29)/t11-,16+,17+/m0/s1. The van der Waals surface area contributed by atoms with Gasteiger partial charge in [-0.15, -0.1) is 0 Å². The van der Waals surface area contributed by atoms with Gasteiger partial charge in [0.05, 0.1) is 24.0 Å². The minimum atomic E-state index is -0.776. The number of amides is 2. The zero-order chi connectivity index (χ0) is 21.8. The Kier molecular flexibility index (Phi) is 6.76. The fourth-order valence-corrected chi connectivity index (χ4v) is 3.35. The fourth-order valence-electron chi connectivity index (χ4n) is 3.13. The van der Waals surface area contributed by atoms with Crippen LogP contribution in [0.1, 0.15) is 29.1 Å². The number of halogens is 1. The van der Waals surface area contributed by atoms with Crippen molar-refractivity contribution in [1.29, 1.82) is 0 Å². The summed E-state index contributed by atoms with van der Waals surface area (Å²) in [5.41, 5.74) is 1.69. The summed E-state index contributed by atoms with van der Waals surface area (Å²) in [7, 11) is 1.51. The van der Waals surface area contributed by atoms with Crippen molar-refractivity contribution in [3.63, 3.8) is 0 Å². The summed E-state index contributed by atoms with van der Waals surface area (Å²) in [6.45, 7) is 5.66. The van der Waals surface area contributed by atoms with Crippen LogP contribution in [-0.4, -0.2) is 69.1 Å². The molecule has 1 aliphatic heterocycles. The Morgan fingerprint density at radius 3 is 2.77 bits per heavy atom. The van der Waals surface area contributed by atoms with Gasteiger partial charge in [-0.3, -0.25) is 9.59 Å². The molecule has 1 fully saturated rings. The van der Waals surface area contributed by atoms with E-state index in [0.29, 0.717) is 17.0 Å². The Morgan fingerprint density at radius 2 is 2.10 bits per heavy atom. The second kappa shape index (κ2) is 9.29. The summed E-state index contributed by atoms with van der Waals surface area (Å²) in [4.78, 5) is 38.0. The van der Waals surface area contributed by atoms with Crippen molar-refractivity contribution in [2.24, 2.45) is 0 Å². The van der Waals surface area contributed by atoms with E-state index >= 15 is 0 Å². The maximum absolute atomic E-state index is 12.2. The van der Waals surface area contributed by atoms with E-state index in [0.717, 1.165) is 0 Å². The number of nitrogens with one attached hydrogen (secondary N) is 1. The van der Waals surface area contributed by atoms with Gasteiger partial charge in [0.15, 0.2) is 0 Å². The summed E-state index contributed by atoms with van der Waals surface area (Å²) in [6, 6.07) is 4.88. The molecule has 3 atom stereocenters. The topological polar surface area (TPSA) is 118 Å². The molecule has 0 unspecified atom stereocenters. The lowest BCUT2D eigenvalue weighted by Crippen LogP contribution is -2.50. The molecule has 0 saturated carbocycles. The molecule has 0 bridgehead atoms. The lowest BCUT2D eigenvalue weighted by atomic mass is 10.0. The summed E-state index contributed by atoms with van der Waals surface area (Å²) >= 11 is 6.24. The number of pyridine rings is 1. The van der Waals surface area contributed by atoms with Crippen LogP contribution in [0.5, 0.6) is 0 Å². The number of rotatable bonds is 5. The third-order valence-corrected chi connectivity index (χ3v) is 4.92. The fraction of sp³-hybridized carbons (Fsp3) is 0.350. The molecule has 9 nitrogen and oxygen atoms in total. The zero-order valence-electron chi connectivity index (χ0n) is 16.6. The first kappa shape index (κ1) is 21.8. The summed E-state index contributed by atoms with van der Waals surface area (Å²) in [5, 5.41) is 12.7. The third-order valence-electron chi connectivity index (χ3n) is 4.73. The highest BCUT2D eigenvalue weighted by Crippen LogP contribution is 2.30. The average Bonchev–Trinajstić information content (AvgIpc) is 2.77. The lowest BCUT2D eigenvalue weighted by Gasteiger charge is -2.39. The molecule has 0 radical (unpaired) electrons. The first-order valence-electron chi connectivity index (χ1n) is 9.29. The van der Waals surface area contributed by atoms with Gasteiger partial charge < -0.3 is 20.1 Å². The normalized spacial score (nSPS) is 19.8. The average molecular weight is 432 g/mol. The van der Waals surface area contributed by atoms with Crippen LogP contribution in [0.15, 0.2) is 37.2 Å². The second-order valence-corrected chi connectivity index (χ2v) is 7.21. The van der Waals surface area contributed by atoms with E-state index < -0.39 is 18.3 Å². The van der Waals surface area contributed by atoms with Crippen LogP contribution >= 0.6 is 11.6 Å². The second-order valence-electron chi connectivity index (χ2n) is 6.83. The zero-order valence-corrected chi connectivity index (χ0v) is 17.3. The highest BCUT2D eigenvalue weighted by molar-refractivity contribution is 6.29. The number of hydrogen-bond donors (Lipinski definition) is 2. The first-order valence-corrected chi connectivity index (χ1v) is 9.67. The smallest absolute Gasteiger partial charge is 0.269 e. The highest BCUT2D eigenvalue weighted by Gasteiger charge is 2.33. The minimum absolute atomic E-state index is 0.191. The van der Waals surface area contributed by atoms with Gasteiger partial charge in [0.25, 0.3) is 5.91 Å². The Balaban J connectivity index is 1.97. The molecule has 158 valence electrons. The Labute approximate surface area is 178 Å². The van der Waals surface area contributed by atoms with Crippen molar-refractivity contribution < 1.29 is 19.4 Å². The predicted octanol–water partition coefficient (Wildman–Crippen LogP) is 1.39. The molecule has 3 rings (SSSR count). The number of ether oxygens (including phenoxy) is 1. The van der Waals surface area contributed by atoms with E-state index in [2.05, 4.69) is 26.8 Å². The molecule has 30 heavy (non-hydrogen) atoms. The molecule has 2 aromatic rings. The van der Waals surface area contributed by atoms with E-state index in [1.54, 1.807) is 24.0 Å². The number of carbonyl (C=O) groups excluding carboxylic acids is 2. The van der Waals surface area contributed by atoms with Gasteiger partial charge in [-0.25, -0.2) is 15.0 Å². The van der Waals surface area contributed by atoms with Crippen molar-refractivity contribution in [1.82, 2.24) is 25.2 Å². The Morgan fingerprint density at radius 1 is 1.33 bits per heavy atom. The molecule has 0 spiro atoms. The first-order chi connectivity index (χ1) is 14.3. The molecule has 0 aromatic carbocycles. The number of aromatic nitrogens is 3. The Bertz CT molecular complexity index is 968. The molecular weight excluding hydrogens is 410 g/mol. The molecule has 2 amide bonds. The summed E-state index contributed by atoms with van der Waals surface area (Å²) in [5.74, 6) is -0.602. The largest absolute Gasteiger partial charge is 0.391 e. The van der Waals surface area contributed by atoms with E-state index in [4.69, 9.17) is 16.3 Å². The van der Waals surface area contributed by atoms with Gasteiger partial charge in [0.2, 0.25) is 5.91 Å². The molecule has 3 heterocycles. The van der Waals surface area contributed by atoms with Crippen molar-refractivity contribution >= 4 is 23.4 Å². The molecule has 10 heteroatoms. The van der Waals surface area contributed by atoms with E-state index in [1.807, 2.05) is 0 Å². The van der Waals surface area contributed by atoms with Crippen molar-refractivity contribution in [2.45, 2.75) is 25.2 Å². The third kappa shape index (κ3) is 4.81. The molecule has 2 aromatic heterocycles. The molecule has 1 saturated heterocycles. The van der Waals surface area contributed by atoms with Crippen LogP contribution in [0, 0.1) is 0 Å². The van der Waals surface area contributed by atoms with Crippen LogP contribution in [0.25, 0.3) is 11.4 Å². The molecule has 0 aliphatic carbocycles. The number of aliphatic hydroxyl groups is 1. The summed E-state index contributed by atoms with van der Waals surface area (Å²) < 4.78 is 6.02. The van der Waals surface area contributed by atoms with Crippen LogP contribution in [-0.2, 0) is 9.53 Å². The lowest BCUT2D eigenvalue weighted by molar-refractivity contribution is -0.152. The Hall–Kier alpha value is -2.88. The van der Waals surface area contributed by atoms with Gasteiger partial charge in [0, 0.05) is 13.6 Å². The van der Waals surface area contributed by atoms with Crippen molar-refractivity contribution in [3.05, 3.63) is 53.6 Å². The molecular formula is C20H22ClN5O4. The van der Waals surface area contributed by atoms with E-state index in [1.165, 1.54) is 25.5 Å². The van der Waals surface area contributed by atoms with Gasteiger partial charge in [-0.05, 0) is 36.8 Å². The van der Waals surface area contributed by atoms with Crippen molar-refractivity contribution in [2.75, 3.05) is 20.1 Å². The SMILES string of the molecule is C=CC(=O)N1C[C@H](c2cc(Cl)nc(-c3cc(C(=O)NC)ncn3)c2)O[C@@H]([C@H](C)O)C1. The maximum atomic E-state index is 12.2. The number of carbonyl (C=O) groups is 2. The quantitative estimate of drug-likeness (QED) is 0.542. The highest BCUT2D eigenvalue weighted by atomic mass is 35.5. The minimum Gasteiger partial charge on any atom is -0.391 e. The monoisotopic (exact) mass is 431 g/mol. The maximum Gasteiger partial charge on any atom is 0.269 e. The van der Waals surface area contributed by atoms with Crippen LogP contribution in [0.2, 0.25) is 5.15 Å². The molecule has 1 aliphatic rings. The van der Waals surface area contributed by atoms with Crippen LogP contribution < -0.4 is 5.32 Å². The van der Waals surface area contributed by atoms with E-state index in [-0.39, 0.29) is 35.8 Å². The van der Waals surface area contributed by atoms with Crippen molar-refractivity contribution in [3.8, 4) is 11.4 Å². The number of hydrogen-bond acceptors (Lipinski definition) is 7. The number of aliphatic hydroxyl groups excluding tert-OH is 1. The molecule has 2 N–H and O–H groups in total.